The van der Waals surface area contributed by atoms with E-state index in [9.17, 15) is 4.79 Å². The lowest BCUT2D eigenvalue weighted by atomic mass is 10.0. The van der Waals surface area contributed by atoms with Crippen molar-refractivity contribution in [3.63, 3.8) is 0 Å². The van der Waals surface area contributed by atoms with Crippen molar-refractivity contribution < 1.29 is 4.84 Å². The number of benzene rings is 2. The van der Waals surface area contributed by atoms with Crippen LogP contribution in [0.25, 0.3) is 22.0 Å². The average molecular weight is 319 g/mol. The van der Waals surface area contributed by atoms with Crippen LogP contribution in [0.5, 0.6) is 0 Å². The molecule has 1 atom stereocenters. The van der Waals surface area contributed by atoms with Crippen LogP contribution in [0.4, 0.5) is 0 Å². The minimum atomic E-state index is -0.300. The number of nitrogens with one attached hydrogen (secondary N) is 1. The van der Waals surface area contributed by atoms with Crippen molar-refractivity contribution in [3.05, 3.63) is 64.7 Å². The Morgan fingerprint density at radius 1 is 1.17 bits per heavy atom. The van der Waals surface area contributed by atoms with Crippen molar-refractivity contribution in [2.75, 3.05) is 0 Å². The van der Waals surface area contributed by atoms with Gasteiger partial charge in [0.05, 0.1) is 16.6 Å². The van der Waals surface area contributed by atoms with Gasteiger partial charge in [0, 0.05) is 6.42 Å². The lowest BCUT2D eigenvalue weighted by molar-refractivity contribution is 0.0792. The molecule has 0 radical (unpaired) electrons. The molecule has 0 saturated carbocycles. The molecule has 0 saturated heterocycles. The molecule has 2 heterocycles. The second kappa shape index (κ2) is 5.92. The van der Waals surface area contributed by atoms with E-state index >= 15 is 0 Å². The van der Waals surface area contributed by atoms with Crippen LogP contribution in [0.1, 0.15) is 31.7 Å². The van der Waals surface area contributed by atoms with Gasteiger partial charge in [-0.3, -0.25) is 4.79 Å². The minimum absolute atomic E-state index is 0.152. The van der Waals surface area contributed by atoms with Crippen molar-refractivity contribution in [3.8, 4) is 11.1 Å². The zero-order valence-corrected chi connectivity index (χ0v) is 13.3. The van der Waals surface area contributed by atoms with Crippen LogP contribution in [-0.4, -0.2) is 15.7 Å². The molecule has 1 aliphatic heterocycles. The molecule has 0 bridgehead atoms. The molecule has 4 rings (SSSR count). The second-order valence-electron chi connectivity index (χ2n) is 5.86. The van der Waals surface area contributed by atoms with Gasteiger partial charge in [-0.1, -0.05) is 48.5 Å². The highest BCUT2D eigenvalue weighted by Crippen LogP contribution is 2.27. The van der Waals surface area contributed by atoms with Crippen molar-refractivity contribution >= 4 is 16.6 Å². The maximum absolute atomic E-state index is 12.5. The molecule has 24 heavy (non-hydrogen) atoms. The van der Waals surface area contributed by atoms with E-state index in [2.05, 4.69) is 15.1 Å². The van der Waals surface area contributed by atoms with E-state index in [0.29, 0.717) is 23.1 Å². The number of aromatic amines is 1. The SMILES string of the molecule is CCC1=NOC(c2nc3ccc(-c4ccccc4)cc3c(=O)[nH]2)C1. The van der Waals surface area contributed by atoms with Gasteiger partial charge >= 0.3 is 0 Å². The molecular weight excluding hydrogens is 302 g/mol. The maximum atomic E-state index is 12.5. The molecule has 3 aromatic rings. The zero-order valence-electron chi connectivity index (χ0n) is 13.3. The van der Waals surface area contributed by atoms with Crippen molar-refractivity contribution in [2.24, 2.45) is 5.16 Å². The topological polar surface area (TPSA) is 67.3 Å². The van der Waals surface area contributed by atoms with Crippen molar-refractivity contribution in [1.82, 2.24) is 9.97 Å². The van der Waals surface area contributed by atoms with Gasteiger partial charge in [0.1, 0.15) is 0 Å². The summed E-state index contributed by atoms with van der Waals surface area (Å²) >= 11 is 0. The second-order valence-corrected chi connectivity index (χ2v) is 5.86. The molecule has 0 fully saturated rings. The smallest absolute Gasteiger partial charge is 0.258 e. The van der Waals surface area contributed by atoms with Gasteiger partial charge in [-0.25, -0.2) is 4.98 Å². The number of hydrogen-bond donors (Lipinski definition) is 1. The predicted octanol–water partition coefficient (Wildman–Crippen LogP) is 3.82. The van der Waals surface area contributed by atoms with E-state index in [1.165, 1.54) is 0 Å². The Morgan fingerprint density at radius 3 is 2.75 bits per heavy atom. The Balaban J connectivity index is 1.74. The summed E-state index contributed by atoms with van der Waals surface area (Å²) in [5.41, 5.74) is 3.57. The highest BCUT2D eigenvalue weighted by atomic mass is 16.6. The van der Waals surface area contributed by atoms with Gasteiger partial charge in [-0.05, 0) is 29.7 Å². The molecule has 1 unspecified atom stereocenters. The van der Waals surface area contributed by atoms with Gasteiger partial charge in [0.25, 0.3) is 5.56 Å². The summed E-state index contributed by atoms with van der Waals surface area (Å²) in [6.07, 6.45) is 1.22. The van der Waals surface area contributed by atoms with Gasteiger partial charge in [-0.15, -0.1) is 0 Å². The number of hydrogen-bond acceptors (Lipinski definition) is 4. The fourth-order valence-electron chi connectivity index (χ4n) is 2.90. The fraction of sp³-hybridized carbons (Fsp3) is 0.211. The molecule has 0 amide bonds. The number of fused-ring (bicyclic) bond motifs is 1. The summed E-state index contributed by atoms with van der Waals surface area (Å²) in [6.45, 7) is 2.03. The molecular formula is C19H17N3O2. The predicted molar refractivity (Wildman–Crippen MR) is 94.0 cm³/mol. The van der Waals surface area contributed by atoms with E-state index in [1.54, 1.807) is 0 Å². The normalized spacial score (nSPS) is 16.9. The molecule has 0 aliphatic carbocycles. The van der Waals surface area contributed by atoms with E-state index < -0.39 is 0 Å². The molecule has 1 aliphatic rings. The molecule has 0 spiro atoms. The monoisotopic (exact) mass is 319 g/mol. The van der Waals surface area contributed by atoms with Crippen LogP contribution in [0.2, 0.25) is 0 Å². The van der Waals surface area contributed by atoms with Gasteiger partial charge < -0.3 is 9.82 Å². The van der Waals surface area contributed by atoms with E-state index in [0.717, 1.165) is 23.3 Å². The maximum Gasteiger partial charge on any atom is 0.258 e. The summed E-state index contributed by atoms with van der Waals surface area (Å²) < 4.78 is 0. The Labute approximate surface area is 139 Å². The number of rotatable bonds is 3. The van der Waals surface area contributed by atoms with Crippen molar-refractivity contribution in [1.29, 1.82) is 0 Å². The third-order valence-corrected chi connectivity index (χ3v) is 4.27. The highest BCUT2D eigenvalue weighted by molar-refractivity contribution is 5.86. The van der Waals surface area contributed by atoms with Crippen LogP contribution in [0, 0.1) is 0 Å². The number of nitrogens with zero attached hydrogens (tertiary/aromatic N) is 2. The van der Waals surface area contributed by atoms with E-state index in [-0.39, 0.29) is 11.7 Å². The number of aromatic nitrogens is 2. The summed E-state index contributed by atoms with van der Waals surface area (Å²) in [7, 11) is 0. The first-order chi connectivity index (χ1) is 11.7. The van der Waals surface area contributed by atoms with Crippen LogP contribution in [-0.2, 0) is 4.84 Å². The average Bonchev–Trinajstić information content (AvgIpc) is 3.11. The number of H-pyrrole nitrogens is 1. The van der Waals surface area contributed by atoms with Crippen LogP contribution >= 0.6 is 0 Å². The summed E-state index contributed by atoms with van der Waals surface area (Å²) in [5.74, 6) is 0.534. The van der Waals surface area contributed by atoms with Crippen LogP contribution in [0.15, 0.2) is 58.5 Å². The largest absolute Gasteiger partial charge is 0.384 e. The summed E-state index contributed by atoms with van der Waals surface area (Å²) in [5, 5.41) is 4.61. The van der Waals surface area contributed by atoms with E-state index in [4.69, 9.17) is 4.84 Å². The van der Waals surface area contributed by atoms with Gasteiger partial charge in [0.15, 0.2) is 11.9 Å². The number of oxime groups is 1. The third-order valence-electron chi connectivity index (χ3n) is 4.27. The highest BCUT2D eigenvalue weighted by Gasteiger charge is 2.24. The first kappa shape index (κ1) is 14.6. The van der Waals surface area contributed by atoms with Crippen molar-refractivity contribution in [2.45, 2.75) is 25.9 Å². The molecule has 2 aromatic carbocycles. The van der Waals surface area contributed by atoms with Gasteiger partial charge in [-0.2, -0.15) is 0 Å². The standard InChI is InChI=1S/C19H17N3O2/c1-2-14-11-17(24-22-14)18-20-16-9-8-13(10-15(16)19(23)21-18)12-6-4-3-5-7-12/h3-10,17H,2,11H2,1H3,(H,20,21,23). The molecule has 120 valence electrons. The lowest BCUT2D eigenvalue weighted by Crippen LogP contribution is -2.15. The zero-order chi connectivity index (χ0) is 16.5. The van der Waals surface area contributed by atoms with E-state index in [1.807, 2.05) is 55.5 Å². The quantitative estimate of drug-likeness (QED) is 0.798. The minimum Gasteiger partial charge on any atom is -0.384 e. The van der Waals surface area contributed by atoms with Crippen LogP contribution in [0.3, 0.4) is 0 Å². The third kappa shape index (κ3) is 2.58. The molecule has 5 heteroatoms. The fourth-order valence-corrected chi connectivity index (χ4v) is 2.90. The Morgan fingerprint density at radius 2 is 2.00 bits per heavy atom. The van der Waals surface area contributed by atoms with Crippen LogP contribution < -0.4 is 5.56 Å². The Kier molecular flexibility index (Phi) is 3.61. The first-order valence-corrected chi connectivity index (χ1v) is 8.05. The van der Waals surface area contributed by atoms with Gasteiger partial charge in [0.2, 0.25) is 0 Å². The Bertz CT molecular complexity index is 977. The molecule has 1 aromatic heterocycles. The summed E-state index contributed by atoms with van der Waals surface area (Å²) in [4.78, 5) is 25.3. The first-order valence-electron chi connectivity index (χ1n) is 8.05. The summed E-state index contributed by atoms with van der Waals surface area (Å²) in [6, 6.07) is 15.7. The molecule has 1 N–H and O–H groups in total. The lowest BCUT2D eigenvalue weighted by Gasteiger charge is -2.09. The molecule has 5 nitrogen and oxygen atoms in total. The Hall–Kier alpha value is -2.95.